The topological polar surface area (TPSA) is 29.5 Å². The van der Waals surface area contributed by atoms with Crippen LogP contribution in [0.3, 0.4) is 0 Å². The van der Waals surface area contributed by atoms with Crippen molar-refractivity contribution in [2.45, 2.75) is 20.0 Å². The van der Waals surface area contributed by atoms with E-state index in [0.717, 1.165) is 12.0 Å². The van der Waals surface area contributed by atoms with E-state index in [1.54, 1.807) is 6.07 Å². The van der Waals surface area contributed by atoms with E-state index in [1.807, 2.05) is 19.1 Å². The Balaban J connectivity index is 2.98. The van der Waals surface area contributed by atoms with Gasteiger partial charge in [-0.3, -0.25) is 0 Å². The maximum absolute atomic E-state index is 9.05. The van der Waals surface area contributed by atoms with Crippen molar-refractivity contribution in [2.24, 2.45) is 0 Å². The van der Waals surface area contributed by atoms with Crippen LogP contribution in [0.5, 0.6) is 5.75 Å². The van der Waals surface area contributed by atoms with Crippen molar-refractivity contribution >= 4 is 0 Å². The monoisotopic (exact) mass is 190 g/mol. The number of hydrogen-bond donors (Lipinski definition) is 1. The summed E-state index contributed by atoms with van der Waals surface area (Å²) in [6.07, 6.45) is 6.30. The normalized spacial score (nSPS) is 9.50. The molecule has 0 saturated heterocycles. The molecule has 2 heteroatoms. The third-order valence-electron chi connectivity index (χ3n) is 1.89. The van der Waals surface area contributed by atoms with E-state index in [1.165, 1.54) is 0 Å². The maximum atomic E-state index is 9.05. The molecule has 0 bridgehead atoms. The smallest absolute Gasteiger partial charge is 0.135 e. The predicted octanol–water partition coefficient (Wildman–Crippen LogP) is 1.95. The molecular weight excluding hydrogens is 176 g/mol. The van der Waals surface area contributed by atoms with Gasteiger partial charge in [0, 0.05) is 0 Å². The van der Waals surface area contributed by atoms with E-state index in [2.05, 4.69) is 5.92 Å². The molecule has 0 aliphatic rings. The minimum absolute atomic E-state index is 0.0527. The van der Waals surface area contributed by atoms with Crippen molar-refractivity contribution in [1.82, 2.24) is 0 Å². The molecule has 2 nitrogen and oxygen atoms in total. The van der Waals surface area contributed by atoms with Crippen molar-refractivity contribution in [3.8, 4) is 18.1 Å². The van der Waals surface area contributed by atoms with Crippen molar-refractivity contribution in [1.29, 1.82) is 0 Å². The fourth-order valence-electron chi connectivity index (χ4n) is 1.20. The molecule has 0 unspecified atom stereocenters. The molecule has 0 saturated carbocycles. The Kier molecular flexibility index (Phi) is 4.03. The van der Waals surface area contributed by atoms with Gasteiger partial charge >= 0.3 is 0 Å². The summed E-state index contributed by atoms with van der Waals surface area (Å²) in [5, 5.41) is 9.05. The maximum Gasteiger partial charge on any atom is 0.135 e. The molecule has 1 aromatic rings. The number of aliphatic hydroxyl groups excluding tert-OH is 1. The van der Waals surface area contributed by atoms with E-state index >= 15 is 0 Å². The molecule has 1 N–H and O–H groups in total. The number of hydrogen-bond acceptors (Lipinski definition) is 2. The minimum atomic E-state index is -0.0527. The van der Waals surface area contributed by atoms with Crippen molar-refractivity contribution in [2.75, 3.05) is 6.61 Å². The van der Waals surface area contributed by atoms with E-state index in [-0.39, 0.29) is 6.61 Å². The van der Waals surface area contributed by atoms with Crippen LogP contribution in [-0.2, 0) is 6.61 Å². The Hall–Kier alpha value is -1.46. The molecule has 0 aromatic heterocycles. The highest BCUT2D eigenvalue weighted by atomic mass is 16.5. The summed E-state index contributed by atoms with van der Waals surface area (Å²) in [7, 11) is 0. The van der Waals surface area contributed by atoms with Crippen molar-refractivity contribution in [3.05, 3.63) is 29.3 Å². The number of benzene rings is 1. The van der Waals surface area contributed by atoms with Gasteiger partial charge in [-0.25, -0.2) is 0 Å². The first kappa shape index (κ1) is 10.6. The average Bonchev–Trinajstić information content (AvgIpc) is 2.25. The Labute approximate surface area is 84.5 Å². The highest BCUT2D eigenvalue weighted by molar-refractivity contribution is 5.50. The summed E-state index contributed by atoms with van der Waals surface area (Å²) >= 11 is 0. The van der Waals surface area contributed by atoms with Gasteiger partial charge in [0.1, 0.15) is 5.75 Å². The summed E-state index contributed by atoms with van der Waals surface area (Å²) in [5.74, 6) is 3.22. The van der Waals surface area contributed by atoms with Gasteiger partial charge in [0.05, 0.1) is 18.8 Å². The molecule has 1 aromatic carbocycles. The van der Waals surface area contributed by atoms with Gasteiger partial charge in [-0.15, -0.1) is 6.42 Å². The number of rotatable bonds is 4. The van der Waals surface area contributed by atoms with Gasteiger partial charge < -0.3 is 9.84 Å². The predicted molar refractivity (Wildman–Crippen MR) is 56.1 cm³/mol. The molecule has 0 aliphatic carbocycles. The summed E-state index contributed by atoms with van der Waals surface area (Å²) in [6.45, 7) is 2.62. The minimum Gasteiger partial charge on any atom is -0.492 e. The molecule has 1 rings (SSSR count). The quantitative estimate of drug-likeness (QED) is 0.735. The Morgan fingerprint density at radius 1 is 1.50 bits per heavy atom. The second-order valence-corrected chi connectivity index (χ2v) is 2.94. The Morgan fingerprint density at radius 3 is 2.86 bits per heavy atom. The first-order valence-corrected chi connectivity index (χ1v) is 4.65. The van der Waals surface area contributed by atoms with Gasteiger partial charge in [0.2, 0.25) is 0 Å². The van der Waals surface area contributed by atoms with Crippen LogP contribution in [0, 0.1) is 12.3 Å². The van der Waals surface area contributed by atoms with E-state index in [9.17, 15) is 0 Å². The fraction of sp³-hybridized carbons (Fsp3) is 0.333. The van der Waals surface area contributed by atoms with Gasteiger partial charge in [-0.05, 0) is 18.1 Å². The SMILES string of the molecule is C#Cc1c(CO)cccc1OCCC. The van der Waals surface area contributed by atoms with Crippen LogP contribution in [0.1, 0.15) is 24.5 Å². The largest absolute Gasteiger partial charge is 0.492 e. The molecule has 14 heavy (non-hydrogen) atoms. The molecule has 0 fully saturated rings. The summed E-state index contributed by atoms with van der Waals surface area (Å²) in [4.78, 5) is 0. The third kappa shape index (κ3) is 2.27. The van der Waals surface area contributed by atoms with Gasteiger partial charge in [-0.1, -0.05) is 25.0 Å². The average molecular weight is 190 g/mol. The van der Waals surface area contributed by atoms with Crippen LogP contribution in [0.4, 0.5) is 0 Å². The Morgan fingerprint density at radius 2 is 2.29 bits per heavy atom. The van der Waals surface area contributed by atoms with Crippen LogP contribution in [-0.4, -0.2) is 11.7 Å². The zero-order valence-electron chi connectivity index (χ0n) is 8.29. The number of terminal acetylenes is 1. The van der Waals surface area contributed by atoms with Crippen LogP contribution >= 0.6 is 0 Å². The third-order valence-corrected chi connectivity index (χ3v) is 1.89. The molecule has 0 radical (unpaired) electrons. The molecule has 0 heterocycles. The van der Waals surface area contributed by atoms with Gasteiger partial charge in [0.25, 0.3) is 0 Å². The fourth-order valence-corrected chi connectivity index (χ4v) is 1.20. The highest BCUT2D eigenvalue weighted by Gasteiger charge is 2.05. The zero-order chi connectivity index (χ0) is 10.4. The van der Waals surface area contributed by atoms with Crippen molar-refractivity contribution in [3.63, 3.8) is 0 Å². The van der Waals surface area contributed by atoms with Crippen molar-refractivity contribution < 1.29 is 9.84 Å². The Bertz CT molecular complexity index is 337. The van der Waals surface area contributed by atoms with Crippen LogP contribution in [0.2, 0.25) is 0 Å². The van der Waals surface area contributed by atoms with Crippen LogP contribution in [0.25, 0.3) is 0 Å². The van der Waals surface area contributed by atoms with E-state index in [0.29, 0.717) is 17.9 Å². The molecule has 74 valence electrons. The zero-order valence-corrected chi connectivity index (χ0v) is 8.29. The van der Waals surface area contributed by atoms with Crippen LogP contribution < -0.4 is 4.74 Å². The van der Waals surface area contributed by atoms with E-state index < -0.39 is 0 Å². The molecule has 0 spiro atoms. The molecule has 0 amide bonds. The molecule has 0 aliphatic heterocycles. The summed E-state index contributed by atoms with van der Waals surface area (Å²) in [5.41, 5.74) is 1.39. The first-order chi connectivity index (χ1) is 6.83. The molecule has 0 atom stereocenters. The summed E-state index contributed by atoms with van der Waals surface area (Å²) in [6, 6.07) is 5.45. The van der Waals surface area contributed by atoms with Gasteiger partial charge in [-0.2, -0.15) is 0 Å². The van der Waals surface area contributed by atoms with Crippen LogP contribution in [0.15, 0.2) is 18.2 Å². The first-order valence-electron chi connectivity index (χ1n) is 4.65. The van der Waals surface area contributed by atoms with E-state index in [4.69, 9.17) is 16.3 Å². The summed E-state index contributed by atoms with van der Waals surface area (Å²) < 4.78 is 5.47. The highest BCUT2D eigenvalue weighted by Crippen LogP contribution is 2.21. The molecular formula is C12H14O2. The lowest BCUT2D eigenvalue weighted by atomic mass is 10.1. The second kappa shape index (κ2) is 5.31. The lowest BCUT2D eigenvalue weighted by Gasteiger charge is -2.09. The van der Waals surface area contributed by atoms with Gasteiger partial charge in [0.15, 0.2) is 0 Å². The standard InChI is InChI=1S/C12H14O2/c1-3-8-14-12-7-5-6-10(9-13)11(12)4-2/h2,5-7,13H,3,8-9H2,1H3. The lowest BCUT2D eigenvalue weighted by molar-refractivity contribution is 0.278. The second-order valence-electron chi connectivity index (χ2n) is 2.94. The number of aliphatic hydroxyl groups is 1. The lowest BCUT2D eigenvalue weighted by Crippen LogP contribution is -1.99. The number of ether oxygens (including phenoxy) is 1.